The highest BCUT2D eigenvalue weighted by molar-refractivity contribution is 6.32. The number of ether oxygens (including phenoxy) is 2. The first-order valence-corrected chi connectivity index (χ1v) is 12.0. The van der Waals surface area contributed by atoms with Gasteiger partial charge in [-0.1, -0.05) is 44.5 Å². The lowest BCUT2D eigenvalue weighted by Gasteiger charge is -2.19. The molecule has 0 bridgehead atoms. The Labute approximate surface area is 215 Å². The van der Waals surface area contributed by atoms with E-state index in [2.05, 4.69) is 30.7 Å². The van der Waals surface area contributed by atoms with Gasteiger partial charge in [-0.05, 0) is 49.7 Å². The van der Waals surface area contributed by atoms with Crippen LogP contribution in [0.15, 0.2) is 59.7 Å². The summed E-state index contributed by atoms with van der Waals surface area (Å²) in [4.78, 5) is 27.0. The van der Waals surface area contributed by atoms with Crippen molar-refractivity contribution >= 4 is 11.6 Å². The third-order valence-electron chi connectivity index (χ3n) is 5.92. The van der Waals surface area contributed by atoms with Crippen molar-refractivity contribution in [1.29, 1.82) is 0 Å². The molecule has 0 aliphatic rings. The molecule has 0 saturated carbocycles. The molecule has 1 aromatic carbocycles. The standard InChI is InChI=1S/C28H29ClN4O3/c1-17-18(2)33(26(34)24(29)25(17)36-16-19-8-7-9-21(14-19)35-6)20-10-12-30-23(15-20)22-11-13-31-27(32-22)28(3,4)5/h7-15H,16H2,1-6H3. The number of rotatable bonds is 6. The molecule has 0 atom stereocenters. The Morgan fingerprint density at radius 2 is 1.75 bits per heavy atom. The minimum Gasteiger partial charge on any atom is -0.497 e. The van der Waals surface area contributed by atoms with E-state index in [0.717, 1.165) is 28.4 Å². The van der Waals surface area contributed by atoms with Gasteiger partial charge in [0.15, 0.2) is 0 Å². The summed E-state index contributed by atoms with van der Waals surface area (Å²) < 4.78 is 12.9. The topological polar surface area (TPSA) is 79.1 Å². The molecule has 0 N–H and O–H groups in total. The first-order valence-electron chi connectivity index (χ1n) is 11.6. The van der Waals surface area contributed by atoms with Gasteiger partial charge in [0.05, 0.1) is 24.2 Å². The lowest BCUT2D eigenvalue weighted by atomic mass is 9.95. The third kappa shape index (κ3) is 5.11. The molecule has 0 amide bonds. The van der Waals surface area contributed by atoms with Gasteiger partial charge in [0, 0.05) is 29.1 Å². The Balaban J connectivity index is 1.71. The molecular formula is C28H29ClN4O3. The van der Waals surface area contributed by atoms with Gasteiger partial charge in [-0.15, -0.1) is 0 Å². The fourth-order valence-corrected chi connectivity index (χ4v) is 4.09. The van der Waals surface area contributed by atoms with E-state index in [-0.39, 0.29) is 22.6 Å². The van der Waals surface area contributed by atoms with Crippen molar-refractivity contribution in [2.75, 3.05) is 7.11 Å². The zero-order valence-corrected chi connectivity index (χ0v) is 22.1. The highest BCUT2D eigenvalue weighted by Crippen LogP contribution is 2.31. The molecular weight excluding hydrogens is 476 g/mol. The molecule has 3 aromatic heterocycles. The van der Waals surface area contributed by atoms with Crippen molar-refractivity contribution < 1.29 is 9.47 Å². The average molecular weight is 505 g/mol. The number of aromatic nitrogens is 4. The summed E-state index contributed by atoms with van der Waals surface area (Å²) >= 11 is 6.56. The summed E-state index contributed by atoms with van der Waals surface area (Å²) in [6.07, 6.45) is 3.38. The fourth-order valence-electron chi connectivity index (χ4n) is 3.81. The van der Waals surface area contributed by atoms with Gasteiger partial charge in [0.25, 0.3) is 5.56 Å². The van der Waals surface area contributed by atoms with E-state index < -0.39 is 0 Å². The molecule has 3 heterocycles. The molecule has 7 nitrogen and oxygen atoms in total. The molecule has 186 valence electrons. The summed E-state index contributed by atoms with van der Waals surface area (Å²) in [7, 11) is 1.61. The number of methoxy groups -OCH3 is 1. The first-order chi connectivity index (χ1) is 17.1. The van der Waals surface area contributed by atoms with Crippen molar-refractivity contribution in [3.8, 4) is 28.6 Å². The van der Waals surface area contributed by atoms with Crippen LogP contribution in [0.5, 0.6) is 11.5 Å². The first kappa shape index (κ1) is 25.4. The predicted molar refractivity (Wildman–Crippen MR) is 141 cm³/mol. The maximum Gasteiger partial charge on any atom is 0.277 e. The van der Waals surface area contributed by atoms with Crippen LogP contribution < -0.4 is 15.0 Å². The van der Waals surface area contributed by atoms with Crippen LogP contribution in [0.4, 0.5) is 0 Å². The summed E-state index contributed by atoms with van der Waals surface area (Å²) in [5.74, 6) is 1.83. The SMILES string of the molecule is COc1cccc(COc2c(C)c(C)n(-c3ccnc(-c4ccnc(C(C)(C)C)n4)c3)c(=O)c2Cl)c1. The van der Waals surface area contributed by atoms with E-state index in [4.69, 9.17) is 26.1 Å². The van der Waals surface area contributed by atoms with E-state index in [1.807, 2.05) is 50.2 Å². The number of pyridine rings is 2. The maximum absolute atomic E-state index is 13.4. The van der Waals surface area contributed by atoms with Crippen LogP contribution in [-0.4, -0.2) is 26.6 Å². The van der Waals surface area contributed by atoms with E-state index >= 15 is 0 Å². The van der Waals surface area contributed by atoms with Gasteiger partial charge in [-0.2, -0.15) is 0 Å². The van der Waals surface area contributed by atoms with E-state index in [0.29, 0.717) is 22.8 Å². The minimum absolute atomic E-state index is 0.0245. The zero-order chi connectivity index (χ0) is 26.0. The van der Waals surface area contributed by atoms with E-state index in [1.54, 1.807) is 30.1 Å². The van der Waals surface area contributed by atoms with Crippen LogP contribution in [0.1, 0.15) is 43.4 Å². The molecule has 0 spiro atoms. The van der Waals surface area contributed by atoms with Gasteiger partial charge >= 0.3 is 0 Å². The lowest BCUT2D eigenvalue weighted by molar-refractivity contribution is 0.302. The second-order valence-corrected chi connectivity index (χ2v) is 9.93. The number of hydrogen-bond acceptors (Lipinski definition) is 6. The maximum atomic E-state index is 13.4. The second-order valence-electron chi connectivity index (χ2n) is 9.55. The monoisotopic (exact) mass is 504 g/mol. The summed E-state index contributed by atoms with van der Waals surface area (Å²) in [6, 6.07) is 13.0. The molecule has 0 fully saturated rings. The summed E-state index contributed by atoms with van der Waals surface area (Å²) in [5, 5.41) is 0.0245. The Bertz CT molecular complexity index is 1470. The third-order valence-corrected chi connectivity index (χ3v) is 6.25. The molecule has 0 radical (unpaired) electrons. The summed E-state index contributed by atoms with van der Waals surface area (Å²) in [6.45, 7) is 10.2. The van der Waals surface area contributed by atoms with Crippen molar-refractivity contribution in [2.45, 2.75) is 46.6 Å². The molecule has 36 heavy (non-hydrogen) atoms. The normalized spacial score (nSPS) is 11.4. The number of hydrogen-bond donors (Lipinski definition) is 0. The molecule has 0 aliphatic carbocycles. The van der Waals surface area contributed by atoms with Crippen molar-refractivity contribution in [3.63, 3.8) is 0 Å². The molecule has 4 rings (SSSR count). The zero-order valence-electron chi connectivity index (χ0n) is 21.3. The van der Waals surface area contributed by atoms with Crippen molar-refractivity contribution in [1.82, 2.24) is 19.5 Å². The van der Waals surface area contributed by atoms with Gasteiger partial charge < -0.3 is 9.47 Å². The number of benzene rings is 1. The van der Waals surface area contributed by atoms with Gasteiger partial charge in [-0.3, -0.25) is 14.3 Å². The van der Waals surface area contributed by atoms with Crippen molar-refractivity contribution in [2.24, 2.45) is 0 Å². The Hall–Kier alpha value is -3.71. The van der Waals surface area contributed by atoms with Gasteiger partial charge in [-0.25, -0.2) is 9.97 Å². The fraction of sp³-hybridized carbons (Fsp3) is 0.286. The van der Waals surface area contributed by atoms with Crippen LogP contribution in [0.3, 0.4) is 0 Å². The number of halogens is 1. The molecule has 0 saturated heterocycles. The van der Waals surface area contributed by atoms with Gasteiger partial charge in [0.2, 0.25) is 0 Å². The van der Waals surface area contributed by atoms with Crippen LogP contribution in [0.25, 0.3) is 17.1 Å². The predicted octanol–water partition coefficient (Wildman–Crippen LogP) is 5.84. The highest BCUT2D eigenvalue weighted by atomic mass is 35.5. The second kappa shape index (κ2) is 10.1. The molecule has 8 heteroatoms. The highest BCUT2D eigenvalue weighted by Gasteiger charge is 2.20. The molecule has 0 aliphatic heterocycles. The van der Waals surface area contributed by atoms with Crippen LogP contribution in [-0.2, 0) is 12.0 Å². The Morgan fingerprint density at radius 3 is 2.47 bits per heavy atom. The van der Waals surface area contributed by atoms with Crippen LogP contribution in [0, 0.1) is 13.8 Å². The Morgan fingerprint density at radius 1 is 1.00 bits per heavy atom. The molecule has 0 unspecified atom stereocenters. The average Bonchev–Trinajstić information content (AvgIpc) is 2.87. The van der Waals surface area contributed by atoms with E-state index in [9.17, 15) is 4.79 Å². The summed E-state index contributed by atoms with van der Waals surface area (Å²) in [5.41, 5.74) is 3.80. The molecule has 4 aromatic rings. The van der Waals surface area contributed by atoms with Crippen LogP contribution in [0.2, 0.25) is 5.02 Å². The minimum atomic E-state index is -0.365. The lowest BCUT2D eigenvalue weighted by Crippen LogP contribution is -2.23. The van der Waals surface area contributed by atoms with Crippen LogP contribution >= 0.6 is 11.6 Å². The smallest absolute Gasteiger partial charge is 0.277 e. The number of nitrogens with zero attached hydrogens (tertiary/aromatic N) is 4. The van der Waals surface area contributed by atoms with E-state index in [1.165, 1.54) is 0 Å². The van der Waals surface area contributed by atoms with Gasteiger partial charge in [0.1, 0.15) is 29.0 Å². The quantitative estimate of drug-likeness (QED) is 0.328. The van der Waals surface area contributed by atoms with Crippen molar-refractivity contribution in [3.05, 3.63) is 92.9 Å². The largest absolute Gasteiger partial charge is 0.497 e. The Kier molecular flexibility index (Phi) is 7.13.